The van der Waals surface area contributed by atoms with Crippen molar-refractivity contribution in [2.75, 3.05) is 19.7 Å². The molecule has 0 unspecified atom stereocenters. The average molecular weight is 274 g/mol. The van der Waals surface area contributed by atoms with Crippen molar-refractivity contribution in [1.82, 2.24) is 4.90 Å². The highest BCUT2D eigenvalue weighted by atomic mass is 32.1. The molecule has 0 atom stereocenters. The van der Waals surface area contributed by atoms with Gasteiger partial charge in [-0.3, -0.25) is 4.90 Å². The highest BCUT2D eigenvalue weighted by Gasteiger charge is 2.12. The van der Waals surface area contributed by atoms with Crippen LogP contribution >= 0.6 is 12.2 Å². The van der Waals surface area contributed by atoms with Gasteiger partial charge in [0.1, 0.15) is 4.99 Å². The number of hydrogen-bond donors (Lipinski definition) is 2. The van der Waals surface area contributed by atoms with Gasteiger partial charge < -0.3 is 10.8 Å². The Labute approximate surface area is 110 Å². The van der Waals surface area contributed by atoms with Crippen LogP contribution in [0.1, 0.15) is 11.1 Å². The van der Waals surface area contributed by atoms with Gasteiger partial charge in [-0.25, -0.2) is 8.78 Å². The molecule has 0 spiro atoms. The molecule has 0 heterocycles. The number of hydrogen-bond acceptors (Lipinski definition) is 3. The third-order valence-electron chi connectivity index (χ3n) is 2.43. The van der Waals surface area contributed by atoms with Crippen molar-refractivity contribution in [2.45, 2.75) is 13.0 Å². The maximum Gasteiger partial charge on any atom is 0.251 e. The van der Waals surface area contributed by atoms with Crippen LogP contribution in [0.3, 0.4) is 0 Å². The second-order valence-electron chi connectivity index (χ2n) is 3.91. The van der Waals surface area contributed by atoms with Crippen molar-refractivity contribution < 1.29 is 13.9 Å². The number of nitrogens with zero attached hydrogens (tertiary/aromatic N) is 1. The Balaban J connectivity index is 2.73. The van der Waals surface area contributed by atoms with E-state index in [1.165, 1.54) is 4.90 Å². The molecular weight excluding hydrogens is 258 g/mol. The molecule has 0 bridgehead atoms. The van der Waals surface area contributed by atoms with Crippen LogP contribution in [-0.2, 0) is 6.54 Å². The molecular formula is C12H16F2N2OS. The third kappa shape index (κ3) is 5.03. The molecule has 0 saturated heterocycles. The van der Waals surface area contributed by atoms with Crippen molar-refractivity contribution >= 4 is 17.2 Å². The topological polar surface area (TPSA) is 49.5 Å². The molecule has 0 amide bonds. The van der Waals surface area contributed by atoms with E-state index in [2.05, 4.69) is 0 Å². The molecule has 0 aliphatic carbocycles. The summed E-state index contributed by atoms with van der Waals surface area (Å²) in [5.74, 6) is 0. The maximum absolute atomic E-state index is 12.4. The fourth-order valence-corrected chi connectivity index (χ4v) is 1.78. The zero-order valence-corrected chi connectivity index (χ0v) is 10.7. The van der Waals surface area contributed by atoms with Crippen LogP contribution in [0.15, 0.2) is 24.3 Å². The molecule has 18 heavy (non-hydrogen) atoms. The number of thiocarbonyl (C=S) groups is 1. The summed E-state index contributed by atoms with van der Waals surface area (Å²) in [5.41, 5.74) is 7.06. The Kier molecular flexibility index (Phi) is 6.11. The molecule has 1 aromatic carbocycles. The Morgan fingerprint density at radius 1 is 1.44 bits per heavy atom. The van der Waals surface area contributed by atoms with Crippen LogP contribution < -0.4 is 5.73 Å². The molecule has 3 nitrogen and oxygen atoms in total. The average Bonchev–Trinajstić information content (AvgIpc) is 2.28. The minimum Gasteiger partial charge on any atom is -0.395 e. The standard InChI is InChI=1S/C12H16F2N2OS/c13-11(14)8-16(4-5-17)7-9-2-1-3-10(6-9)12(15)18/h1-3,6,11,17H,4-5,7-8H2,(H2,15,18). The van der Waals surface area contributed by atoms with Crippen molar-refractivity contribution in [2.24, 2.45) is 5.73 Å². The van der Waals surface area contributed by atoms with Gasteiger partial charge in [-0.15, -0.1) is 0 Å². The van der Waals surface area contributed by atoms with Gasteiger partial charge in [0.15, 0.2) is 0 Å². The third-order valence-corrected chi connectivity index (χ3v) is 2.67. The lowest BCUT2D eigenvalue weighted by Crippen LogP contribution is -2.31. The summed E-state index contributed by atoms with van der Waals surface area (Å²) in [4.78, 5) is 1.77. The first kappa shape index (κ1) is 14.9. The van der Waals surface area contributed by atoms with Crippen molar-refractivity contribution in [1.29, 1.82) is 0 Å². The minimum atomic E-state index is -2.42. The number of rotatable bonds is 7. The second kappa shape index (κ2) is 7.35. The van der Waals surface area contributed by atoms with Gasteiger partial charge >= 0.3 is 0 Å². The predicted molar refractivity (Wildman–Crippen MR) is 70.7 cm³/mol. The summed E-state index contributed by atoms with van der Waals surface area (Å²) in [6.07, 6.45) is -2.42. The lowest BCUT2D eigenvalue weighted by molar-refractivity contribution is 0.0746. The molecule has 3 N–H and O–H groups in total. The van der Waals surface area contributed by atoms with E-state index in [-0.39, 0.29) is 24.7 Å². The first-order valence-corrected chi connectivity index (χ1v) is 5.94. The predicted octanol–water partition coefficient (Wildman–Crippen LogP) is 1.38. The van der Waals surface area contributed by atoms with Gasteiger partial charge in [-0.1, -0.05) is 30.4 Å². The SMILES string of the molecule is NC(=S)c1cccc(CN(CCO)CC(F)F)c1. The first-order chi connectivity index (χ1) is 8.52. The molecule has 6 heteroatoms. The highest BCUT2D eigenvalue weighted by Crippen LogP contribution is 2.10. The van der Waals surface area contributed by atoms with Crippen LogP contribution in [0.2, 0.25) is 0 Å². The number of halogens is 2. The van der Waals surface area contributed by atoms with Gasteiger partial charge in [0.2, 0.25) is 0 Å². The van der Waals surface area contributed by atoms with E-state index in [0.717, 1.165) is 5.56 Å². The van der Waals surface area contributed by atoms with E-state index >= 15 is 0 Å². The van der Waals surface area contributed by atoms with E-state index in [9.17, 15) is 8.78 Å². The van der Waals surface area contributed by atoms with Gasteiger partial charge in [0.05, 0.1) is 13.2 Å². The molecule has 1 aromatic rings. The molecule has 0 aromatic heterocycles. The van der Waals surface area contributed by atoms with Gasteiger partial charge in [0, 0.05) is 18.7 Å². The van der Waals surface area contributed by atoms with Gasteiger partial charge in [-0.05, 0) is 11.6 Å². The number of nitrogens with two attached hydrogens (primary N) is 1. The van der Waals surface area contributed by atoms with E-state index in [1.807, 2.05) is 6.07 Å². The second-order valence-corrected chi connectivity index (χ2v) is 4.35. The van der Waals surface area contributed by atoms with E-state index in [4.69, 9.17) is 23.1 Å². The summed E-state index contributed by atoms with van der Waals surface area (Å²) < 4.78 is 24.7. The number of aliphatic hydroxyl groups excluding tert-OH is 1. The van der Waals surface area contributed by atoms with Crippen LogP contribution in [0.25, 0.3) is 0 Å². The molecule has 0 aliphatic heterocycles. The van der Waals surface area contributed by atoms with Crippen LogP contribution in [0.5, 0.6) is 0 Å². The zero-order chi connectivity index (χ0) is 13.5. The molecule has 1 rings (SSSR count). The lowest BCUT2D eigenvalue weighted by Gasteiger charge is -2.21. The zero-order valence-electron chi connectivity index (χ0n) is 9.85. The molecule has 0 fully saturated rings. The summed E-state index contributed by atoms with van der Waals surface area (Å²) in [6.45, 7) is 0.0303. The Bertz CT molecular complexity index is 401. The molecule has 100 valence electrons. The fraction of sp³-hybridized carbons (Fsp3) is 0.417. The van der Waals surface area contributed by atoms with Gasteiger partial charge in [0.25, 0.3) is 6.43 Å². The Morgan fingerprint density at radius 3 is 2.72 bits per heavy atom. The largest absolute Gasteiger partial charge is 0.395 e. The fourth-order valence-electron chi connectivity index (χ4n) is 1.65. The maximum atomic E-state index is 12.4. The normalized spacial score (nSPS) is 11.2. The minimum absolute atomic E-state index is 0.151. The molecule has 0 aliphatic rings. The summed E-state index contributed by atoms with van der Waals surface area (Å²) in [5, 5.41) is 8.84. The van der Waals surface area contributed by atoms with Crippen molar-refractivity contribution in [3.63, 3.8) is 0 Å². The van der Waals surface area contributed by atoms with Crippen molar-refractivity contribution in [3.8, 4) is 0 Å². The number of aliphatic hydroxyl groups is 1. The first-order valence-electron chi connectivity index (χ1n) is 5.53. The summed E-state index contributed by atoms with van der Waals surface area (Å²) in [7, 11) is 0. The highest BCUT2D eigenvalue weighted by molar-refractivity contribution is 7.80. The smallest absolute Gasteiger partial charge is 0.251 e. The molecule has 0 saturated carbocycles. The van der Waals surface area contributed by atoms with Gasteiger partial charge in [-0.2, -0.15) is 0 Å². The quantitative estimate of drug-likeness (QED) is 0.738. The van der Waals surface area contributed by atoms with Crippen LogP contribution in [0.4, 0.5) is 8.78 Å². The number of alkyl halides is 2. The number of benzene rings is 1. The summed E-state index contributed by atoms with van der Waals surface area (Å²) in [6, 6.07) is 7.15. The lowest BCUT2D eigenvalue weighted by atomic mass is 10.1. The monoisotopic (exact) mass is 274 g/mol. The van der Waals surface area contributed by atoms with Crippen LogP contribution in [-0.4, -0.2) is 41.1 Å². The van der Waals surface area contributed by atoms with E-state index < -0.39 is 6.43 Å². The Hall–Kier alpha value is -1.11. The van der Waals surface area contributed by atoms with Crippen molar-refractivity contribution in [3.05, 3.63) is 35.4 Å². The van der Waals surface area contributed by atoms with Crippen LogP contribution in [0, 0.1) is 0 Å². The summed E-state index contributed by atoms with van der Waals surface area (Å²) >= 11 is 4.86. The molecule has 0 radical (unpaired) electrons. The van der Waals surface area contributed by atoms with E-state index in [1.54, 1.807) is 18.2 Å². The Morgan fingerprint density at radius 2 is 2.17 bits per heavy atom. The van der Waals surface area contributed by atoms with E-state index in [0.29, 0.717) is 12.1 Å².